The molecular weight excluding hydrogens is 274 g/mol. The van der Waals surface area contributed by atoms with E-state index >= 15 is 0 Å². The van der Waals surface area contributed by atoms with E-state index in [1.54, 1.807) is 0 Å². The molecule has 2 aromatic carbocycles. The minimum atomic E-state index is 0.0822. The Kier molecular flexibility index (Phi) is 5.74. The van der Waals surface area contributed by atoms with Crippen LogP contribution < -0.4 is 11.5 Å². The number of nitrogens with one attached hydrogen (secondary N) is 1. The molecule has 0 aliphatic carbocycles. The Bertz CT molecular complexity index is 589. The van der Waals surface area contributed by atoms with E-state index in [9.17, 15) is 0 Å². The minimum Gasteiger partial charge on any atom is -0.384 e. The predicted molar refractivity (Wildman–Crippen MR) is 82.9 cm³/mol. The highest BCUT2D eigenvalue weighted by Gasteiger charge is 2.01. The number of nitrogen functional groups attached to an aromatic ring is 1. The summed E-state index contributed by atoms with van der Waals surface area (Å²) in [5.74, 6) is 0.0822. The summed E-state index contributed by atoms with van der Waals surface area (Å²) in [6.45, 7) is 2.01. The van der Waals surface area contributed by atoms with E-state index in [1.807, 2.05) is 43.3 Å². The molecule has 1 amide bonds. The van der Waals surface area contributed by atoms with E-state index in [-0.39, 0.29) is 12.2 Å². The number of amidine groups is 1. The smallest absolute Gasteiger partial charge is 0.204 e. The summed E-state index contributed by atoms with van der Waals surface area (Å²) in [6.07, 6.45) is 0.250. The van der Waals surface area contributed by atoms with Gasteiger partial charge in [-0.15, -0.1) is 0 Å². The molecule has 2 aromatic rings. The number of carbonyl (C=O) groups is 1. The van der Waals surface area contributed by atoms with Gasteiger partial charge in [-0.05, 0) is 35.7 Å². The molecule has 0 bridgehead atoms. The van der Waals surface area contributed by atoms with Crippen LogP contribution in [0.2, 0.25) is 5.02 Å². The molecule has 0 radical (unpaired) electrons. The maximum absolute atomic E-state index is 8.58. The van der Waals surface area contributed by atoms with Crippen LogP contribution in [-0.4, -0.2) is 12.2 Å². The maximum atomic E-state index is 8.58. The number of carbonyl (C=O) groups excluding carboxylic acids is 1. The van der Waals surface area contributed by atoms with Crippen molar-refractivity contribution in [1.29, 1.82) is 5.41 Å². The van der Waals surface area contributed by atoms with Crippen molar-refractivity contribution in [2.24, 2.45) is 11.5 Å². The summed E-state index contributed by atoms with van der Waals surface area (Å²) in [5, 5.41) is 8.07. The number of aryl methyl sites for hydroxylation is 1. The molecule has 2 rings (SSSR count). The third-order valence-corrected chi connectivity index (χ3v) is 2.79. The zero-order chi connectivity index (χ0) is 15.1. The lowest BCUT2D eigenvalue weighted by atomic mass is 10.0. The maximum Gasteiger partial charge on any atom is 0.204 e. The number of nitrogens with two attached hydrogens (primary N) is 2. The lowest BCUT2D eigenvalue weighted by molar-refractivity contribution is -0.106. The number of hydrogen-bond acceptors (Lipinski definition) is 2. The van der Waals surface area contributed by atoms with Crippen LogP contribution in [0.4, 0.5) is 0 Å². The highest BCUT2D eigenvalue weighted by Crippen LogP contribution is 2.24. The van der Waals surface area contributed by atoms with Gasteiger partial charge in [0.15, 0.2) is 0 Å². The summed E-state index contributed by atoms with van der Waals surface area (Å²) in [4.78, 5) is 8.58. The van der Waals surface area contributed by atoms with Crippen molar-refractivity contribution in [1.82, 2.24) is 0 Å². The summed E-state index contributed by atoms with van der Waals surface area (Å²) >= 11 is 6.03. The Morgan fingerprint density at radius 2 is 1.70 bits per heavy atom. The number of benzene rings is 2. The topological polar surface area (TPSA) is 93.0 Å². The molecule has 0 spiro atoms. The lowest BCUT2D eigenvalue weighted by Gasteiger charge is -2.05. The van der Waals surface area contributed by atoms with E-state index in [0.29, 0.717) is 0 Å². The van der Waals surface area contributed by atoms with Gasteiger partial charge in [-0.2, -0.15) is 0 Å². The Morgan fingerprint density at radius 1 is 1.15 bits per heavy atom. The molecule has 104 valence electrons. The summed E-state index contributed by atoms with van der Waals surface area (Å²) in [5.41, 5.74) is 13.6. The Balaban J connectivity index is 0.000000612. The molecule has 5 N–H and O–H groups in total. The van der Waals surface area contributed by atoms with Crippen LogP contribution >= 0.6 is 11.6 Å². The summed E-state index contributed by atoms with van der Waals surface area (Å²) < 4.78 is 0. The standard InChI is InChI=1S/C14H13ClN2.CH3NO/c1-9-6-12(8-13(15)7-9)10-2-4-11(5-3-10)14(16)17;2-1-3/h2-8H,1H3,(H3,16,17);1H,(H2,2,3). The first-order valence-corrected chi connectivity index (χ1v) is 6.23. The largest absolute Gasteiger partial charge is 0.384 e. The highest BCUT2D eigenvalue weighted by molar-refractivity contribution is 6.31. The fourth-order valence-electron chi connectivity index (χ4n) is 1.75. The molecule has 0 heterocycles. The van der Waals surface area contributed by atoms with Crippen LogP contribution in [0.25, 0.3) is 11.1 Å². The van der Waals surface area contributed by atoms with Gasteiger partial charge in [-0.3, -0.25) is 10.2 Å². The lowest BCUT2D eigenvalue weighted by Crippen LogP contribution is -2.10. The number of rotatable bonds is 2. The fraction of sp³-hybridized carbons (Fsp3) is 0.0667. The second-order valence-corrected chi connectivity index (χ2v) is 4.58. The van der Waals surface area contributed by atoms with Crippen LogP contribution in [0, 0.1) is 12.3 Å². The zero-order valence-corrected chi connectivity index (χ0v) is 11.8. The molecule has 20 heavy (non-hydrogen) atoms. The van der Waals surface area contributed by atoms with Crippen molar-refractivity contribution in [3.05, 3.63) is 58.6 Å². The first-order valence-electron chi connectivity index (χ1n) is 5.85. The molecule has 0 saturated heterocycles. The first-order chi connectivity index (χ1) is 9.47. The third kappa shape index (κ3) is 4.40. The Labute approximate surface area is 122 Å². The molecule has 0 saturated carbocycles. The van der Waals surface area contributed by atoms with Crippen molar-refractivity contribution < 1.29 is 4.79 Å². The van der Waals surface area contributed by atoms with Crippen LogP contribution in [0.5, 0.6) is 0 Å². The van der Waals surface area contributed by atoms with E-state index < -0.39 is 0 Å². The van der Waals surface area contributed by atoms with Crippen molar-refractivity contribution >= 4 is 23.8 Å². The second-order valence-electron chi connectivity index (χ2n) is 4.14. The second kappa shape index (κ2) is 7.31. The number of halogens is 1. The van der Waals surface area contributed by atoms with Gasteiger partial charge in [0, 0.05) is 10.6 Å². The predicted octanol–water partition coefficient (Wildman–Crippen LogP) is 2.70. The molecule has 5 heteroatoms. The van der Waals surface area contributed by atoms with Gasteiger partial charge in [-0.25, -0.2) is 0 Å². The summed E-state index contributed by atoms with van der Waals surface area (Å²) in [7, 11) is 0. The van der Waals surface area contributed by atoms with Crippen molar-refractivity contribution in [2.45, 2.75) is 6.92 Å². The van der Waals surface area contributed by atoms with Crippen LogP contribution in [0.15, 0.2) is 42.5 Å². The molecule has 4 nitrogen and oxygen atoms in total. The molecule has 0 unspecified atom stereocenters. The zero-order valence-electron chi connectivity index (χ0n) is 11.1. The SMILES string of the molecule is Cc1cc(Cl)cc(-c2ccc(C(=N)N)cc2)c1.NC=O. The average molecular weight is 290 g/mol. The van der Waals surface area contributed by atoms with E-state index in [1.165, 1.54) is 0 Å². The molecule has 0 fully saturated rings. The van der Waals surface area contributed by atoms with Gasteiger partial charge >= 0.3 is 0 Å². The highest BCUT2D eigenvalue weighted by atomic mass is 35.5. The van der Waals surface area contributed by atoms with Gasteiger partial charge in [0.25, 0.3) is 0 Å². The third-order valence-electron chi connectivity index (χ3n) is 2.57. The van der Waals surface area contributed by atoms with Crippen LogP contribution in [0.3, 0.4) is 0 Å². The average Bonchev–Trinajstić information content (AvgIpc) is 2.38. The normalized spacial score (nSPS) is 9.30. The fourth-order valence-corrected chi connectivity index (χ4v) is 2.03. The van der Waals surface area contributed by atoms with Gasteiger partial charge in [-0.1, -0.05) is 41.9 Å². The van der Waals surface area contributed by atoms with Crippen molar-refractivity contribution in [3.8, 4) is 11.1 Å². The van der Waals surface area contributed by atoms with E-state index in [2.05, 4.69) is 11.8 Å². The van der Waals surface area contributed by atoms with Gasteiger partial charge in [0.05, 0.1) is 0 Å². The number of hydrogen-bond donors (Lipinski definition) is 3. The van der Waals surface area contributed by atoms with Crippen LogP contribution in [-0.2, 0) is 4.79 Å². The Hall–Kier alpha value is -2.33. The van der Waals surface area contributed by atoms with E-state index in [0.717, 1.165) is 27.3 Å². The first kappa shape index (κ1) is 15.7. The molecule has 0 aliphatic rings. The molecule has 0 aliphatic heterocycles. The van der Waals surface area contributed by atoms with Gasteiger partial charge in [0.2, 0.25) is 6.41 Å². The van der Waals surface area contributed by atoms with Crippen molar-refractivity contribution in [3.63, 3.8) is 0 Å². The quantitative estimate of drug-likeness (QED) is 0.450. The van der Waals surface area contributed by atoms with E-state index in [4.69, 9.17) is 27.5 Å². The van der Waals surface area contributed by atoms with Crippen molar-refractivity contribution in [2.75, 3.05) is 0 Å². The van der Waals surface area contributed by atoms with Crippen LogP contribution in [0.1, 0.15) is 11.1 Å². The molecule has 0 aromatic heterocycles. The Morgan fingerprint density at radius 3 is 2.15 bits per heavy atom. The van der Waals surface area contributed by atoms with Gasteiger partial charge in [0.1, 0.15) is 5.84 Å². The monoisotopic (exact) mass is 289 g/mol. The summed E-state index contributed by atoms with van der Waals surface area (Å²) in [6, 6.07) is 13.5. The molecular formula is C15H16ClN3O. The number of primary amides is 1. The number of amides is 1. The molecule has 0 atom stereocenters. The minimum absolute atomic E-state index is 0.0822. The van der Waals surface area contributed by atoms with Gasteiger partial charge < -0.3 is 11.5 Å².